The number of methoxy groups -OCH3 is 1. The zero-order chi connectivity index (χ0) is 15.8. The summed E-state index contributed by atoms with van der Waals surface area (Å²) in [4.78, 5) is 5.97. The van der Waals surface area contributed by atoms with Crippen LogP contribution in [0.15, 0.2) is 36.0 Å². The van der Waals surface area contributed by atoms with Crippen molar-refractivity contribution in [2.45, 2.75) is 26.3 Å². The molecule has 23 heavy (non-hydrogen) atoms. The Kier molecular flexibility index (Phi) is 3.65. The summed E-state index contributed by atoms with van der Waals surface area (Å²) < 4.78 is 7.25. The lowest BCUT2D eigenvalue weighted by molar-refractivity contribution is 0.414. The van der Waals surface area contributed by atoms with Gasteiger partial charge >= 0.3 is 0 Å². The lowest BCUT2D eigenvalue weighted by Gasteiger charge is -2.06. The minimum atomic E-state index is 0.611. The van der Waals surface area contributed by atoms with Crippen LogP contribution in [0.5, 0.6) is 5.75 Å². The van der Waals surface area contributed by atoms with Crippen LogP contribution in [0.3, 0.4) is 0 Å². The molecule has 1 aromatic carbocycles. The number of nitrogens with zero attached hydrogens (tertiary/aromatic N) is 3. The van der Waals surface area contributed by atoms with Gasteiger partial charge in [0.25, 0.3) is 0 Å². The smallest absolute Gasteiger partial charge is 0.118 e. The van der Waals surface area contributed by atoms with Crippen LogP contribution in [0.2, 0.25) is 0 Å². The molecule has 1 aliphatic carbocycles. The van der Waals surface area contributed by atoms with E-state index in [1.165, 1.54) is 21.7 Å². The summed E-state index contributed by atoms with van der Waals surface area (Å²) in [5.41, 5.74) is 6.69. The topological polar surface area (TPSA) is 39.9 Å². The summed E-state index contributed by atoms with van der Waals surface area (Å²) in [6.07, 6.45) is 4.28. The average molecular weight is 325 g/mol. The van der Waals surface area contributed by atoms with Crippen molar-refractivity contribution in [2.75, 3.05) is 7.11 Å². The van der Waals surface area contributed by atoms with Crippen molar-refractivity contribution in [3.63, 3.8) is 0 Å². The number of rotatable bonds is 3. The van der Waals surface area contributed by atoms with Gasteiger partial charge in [-0.15, -0.1) is 11.3 Å². The monoisotopic (exact) mass is 325 g/mol. The molecule has 118 valence electrons. The first-order valence-electron chi connectivity index (χ1n) is 7.85. The molecule has 0 N–H and O–H groups in total. The maximum Gasteiger partial charge on any atom is 0.118 e. The summed E-state index contributed by atoms with van der Waals surface area (Å²) >= 11 is 1.76. The second-order valence-corrected chi connectivity index (χ2v) is 7.11. The van der Waals surface area contributed by atoms with Gasteiger partial charge in [-0.2, -0.15) is 5.10 Å². The summed E-state index contributed by atoms with van der Waals surface area (Å²) in [5.74, 6) is 1.49. The van der Waals surface area contributed by atoms with E-state index in [-0.39, 0.29) is 0 Å². The summed E-state index contributed by atoms with van der Waals surface area (Å²) in [7, 11) is 1.69. The second-order valence-electron chi connectivity index (χ2n) is 6.17. The van der Waals surface area contributed by atoms with Crippen LogP contribution in [0.25, 0.3) is 11.3 Å². The highest BCUT2D eigenvalue weighted by molar-refractivity contribution is 7.10. The molecule has 0 radical (unpaired) electrons. The van der Waals surface area contributed by atoms with E-state index in [9.17, 15) is 0 Å². The Labute approximate surface area is 139 Å². The van der Waals surface area contributed by atoms with Gasteiger partial charge < -0.3 is 4.74 Å². The third kappa shape index (κ3) is 2.77. The Morgan fingerprint density at radius 3 is 2.87 bits per heavy atom. The minimum absolute atomic E-state index is 0.611. The highest BCUT2D eigenvalue weighted by Crippen LogP contribution is 2.35. The van der Waals surface area contributed by atoms with Gasteiger partial charge in [0.1, 0.15) is 5.75 Å². The first-order chi connectivity index (χ1) is 11.2. The normalized spacial score (nSPS) is 16.5. The molecule has 0 saturated carbocycles. The number of thiazole rings is 1. The third-order valence-corrected chi connectivity index (χ3v) is 5.17. The predicted octanol–water partition coefficient (Wildman–Crippen LogP) is 3.80. The van der Waals surface area contributed by atoms with Gasteiger partial charge in [-0.25, -0.2) is 4.98 Å². The number of hydrogen-bond donors (Lipinski definition) is 0. The van der Waals surface area contributed by atoms with Crippen molar-refractivity contribution in [1.29, 1.82) is 0 Å². The number of ether oxygens (including phenoxy) is 1. The van der Waals surface area contributed by atoms with Crippen LogP contribution in [0.1, 0.15) is 23.1 Å². The lowest BCUT2D eigenvalue weighted by atomic mass is 10.0. The molecule has 3 aromatic rings. The average Bonchev–Trinajstić information content (AvgIpc) is 3.12. The maximum absolute atomic E-state index is 5.21. The van der Waals surface area contributed by atoms with E-state index in [0.29, 0.717) is 5.92 Å². The largest absolute Gasteiger partial charge is 0.497 e. The van der Waals surface area contributed by atoms with Crippen LogP contribution in [0, 0.1) is 5.92 Å². The van der Waals surface area contributed by atoms with E-state index in [2.05, 4.69) is 30.2 Å². The van der Waals surface area contributed by atoms with Crippen molar-refractivity contribution in [3.05, 3.63) is 52.1 Å². The van der Waals surface area contributed by atoms with E-state index in [1.54, 1.807) is 18.4 Å². The molecule has 0 amide bonds. The van der Waals surface area contributed by atoms with Crippen molar-refractivity contribution >= 4 is 11.3 Å². The van der Waals surface area contributed by atoms with E-state index in [0.717, 1.165) is 30.8 Å². The summed E-state index contributed by atoms with van der Waals surface area (Å²) in [6, 6.07) is 8.15. The Hall–Kier alpha value is -2.14. The molecule has 0 saturated heterocycles. The van der Waals surface area contributed by atoms with Crippen LogP contribution < -0.4 is 4.74 Å². The Bertz CT molecular complexity index is 819. The molecule has 2 heterocycles. The van der Waals surface area contributed by atoms with Gasteiger partial charge in [-0.3, -0.25) is 4.68 Å². The van der Waals surface area contributed by atoms with Gasteiger partial charge in [0.15, 0.2) is 0 Å². The molecule has 0 bridgehead atoms. The fourth-order valence-electron chi connectivity index (χ4n) is 3.16. The van der Waals surface area contributed by atoms with Gasteiger partial charge in [0.05, 0.1) is 30.6 Å². The van der Waals surface area contributed by atoms with Crippen LogP contribution >= 0.6 is 11.3 Å². The first kappa shape index (κ1) is 14.5. The fraction of sp³-hybridized carbons (Fsp3) is 0.333. The van der Waals surface area contributed by atoms with E-state index < -0.39 is 0 Å². The summed E-state index contributed by atoms with van der Waals surface area (Å²) in [6.45, 7) is 3.06. The fourth-order valence-corrected chi connectivity index (χ4v) is 4.10. The third-order valence-electron chi connectivity index (χ3n) is 4.31. The molecule has 1 aliphatic rings. The molecule has 1 unspecified atom stereocenters. The molecular weight excluding hydrogens is 306 g/mol. The van der Waals surface area contributed by atoms with E-state index >= 15 is 0 Å². The van der Waals surface area contributed by atoms with Gasteiger partial charge in [0.2, 0.25) is 0 Å². The SMILES string of the molecule is COc1ccc(Cn2cc3c(n2)CC(C)Cc2scnc2-3)cc1. The molecule has 1 atom stereocenters. The van der Waals surface area contributed by atoms with Gasteiger partial charge in [-0.05, 0) is 36.5 Å². The van der Waals surface area contributed by atoms with Gasteiger partial charge in [0, 0.05) is 16.6 Å². The van der Waals surface area contributed by atoms with Crippen molar-refractivity contribution in [1.82, 2.24) is 14.8 Å². The molecule has 4 nitrogen and oxygen atoms in total. The number of hydrogen-bond acceptors (Lipinski definition) is 4. The molecular formula is C18H19N3OS. The standard InChI is InChI=1S/C18H19N3OS/c1-12-7-16-15(18-17(8-12)23-11-19-18)10-21(20-16)9-13-3-5-14(22-2)6-4-13/h3-6,10-12H,7-9H2,1-2H3. The summed E-state index contributed by atoms with van der Waals surface area (Å²) in [5, 5.41) is 4.83. The molecule has 4 rings (SSSR count). The van der Waals surface area contributed by atoms with Crippen LogP contribution in [-0.2, 0) is 19.4 Å². The highest BCUT2D eigenvalue weighted by Gasteiger charge is 2.23. The second kappa shape index (κ2) is 5.81. The van der Waals surface area contributed by atoms with Crippen LogP contribution in [0.4, 0.5) is 0 Å². The first-order valence-corrected chi connectivity index (χ1v) is 8.73. The Morgan fingerprint density at radius 1 is 1.26 bits per heavy atom. The van der Waals surface area contributed by atoms with Crippen molar-refractivity contribution in [2.24, 2.45) is 5.92 Å². The molecule has 0 spiro atoms. The molecule has 0 aliphatic heterocycles. The zero-order valence-electron chi connectivity index (χ0n) is 13.3. The predicted molar refractivity (Wildman–Crippen MR) is 92.0 cm³/mol. The zero-order valence-corrected chi connectivity index (χ0v) is 14.1. The maximum atomic E-state index is 5.21. The van der Waals surface area contributed by atoms with Crippen LogP contribution in [-0.4, -0.2) is 21.9 Å². The number of benzene rings is 1. The number of aromatic nitrogens is 3. The number of fused-ring (bicyclic) bond motifs is 3. The molecule has 2 aromatic heterocycles. The lowest BCUT2D eigenvalue weighted by Crippen LogP contribution is -2.05. The van der Waals surface area contributed by atoms with Crippen molar-refractivity contribution in [3.8, 4) is 17.0 Å². The molecule has 5 heteroatoms. The Morgan fingerprint density at radius 2 is 2.09 bits per heavy atom. The van der Waals surface area contributed by atoms with E-state index in [1.807, 2.05) is 22.3 Å². The van der Waals surface area contributed by atoms with Crippen molar-refractivity contribution < 1.29 is 4.74 Å². The van der Waals surface area contributed by atoms with E-state index in [4.69, 9.17) is 9.84 Å². The van der Waals surface area contributed by atoms with Gasteiger partial charge in [-0.1, -0.05) is 19.1 Å². The minimum Gasteiger partial charge on any atom is -0.497 e. The molecule has 0 fully saturated rings. The Balaban J connectivity index is 1.66. The quantitative estimate of drug-likeness (QED) is 0.735. The highest BCUT2D eigenvalue weighted by atomic mass is 32.1.